The topological polar surface area (TPSA) is 29.5 Å². The summed E-state index contributed by atoms with van der Waals surface area (Å²) >= 11 is 22.5. The Bertz CT molecular complexity index is 1310. The van der Waals surface area contributed by atoms with Crippen LogP contribution < -0.4 is 9.64 Å². The second-order valence-corrected chi connectivity index (χ2v) is 10.9. The van der Waals surface area contributed by atoms with E-state index in [9.17, 15) is 4.79 Å². The van der Waals surface area contributed by atoms with Gasteiger partial charge in [0.2, 0.25) is 0 Å². The summed E-state index contributed by atoms with van der Waals surface area (Å²) in [6.07, 6.45) is 1.84. The molecular formula is C25H18BrCl2NO2S2. The Morgan fingerprint density at radius 3 is 2.58 bits per heavy atom. The lowest BCUT2D eigenvalue weighted by Crippen LogP contribution is -2.28. The zero-order valence-electron chi connectivity index (χ0n) is 17.7. The molecule has 0 saturated carbocycles. The van der Waals surface area contributed by atoms with Gasteiger partial charge in [0.05, 0.1) is 15.1 Å². The molecule has 0 unspecified atom stereocenters. The number of thioether (sulfide) groups is 1. The Hall–Kier alpha value is -1.83. The van der Waals surface area contributed by atoms with Gasteiger partial charge in [-0.05, 0) is 77.3 Å². The predicted molar refractivity (Wildman–Crippen MR) is 147 cm³/mol. The fourth-order valence-corrected chi connectivity index (χ4v) is 5.66. The fraction of sp³-hybridized carbons (Fsp3) is 0.120. The maximum Gasteiger partial charge on any atom is 0.270 e. The molecule has 33 heavy (non-hydrogen) atoms. The van der Waals surface area contributed by atoms with Crippen molar-refractivity contribution in [3.05, 3.63) is 96.3 Å². The number of halogens is 3. The first-order valence-electron chi connectivity index (χ1n) is 9.94. The Morgan fingerprint density at radius 1 is 1.09 bits per heavy atom. The summed E-state index contributed by atoms with van der Waals surface area (Å²) in [4.78, 5) is 15.3. The summed E-state index contributed by atoms with van der Waals surface area (Å²) in [5, 5.41) is 1.14. The van der Waals surface area contributed by atoms with Crippen molar-refractivity contribution in [3.8, 4) is 5.75 Å². The second-order valence-electron chi connectivity index (χ2n) is 7.52. The number of carbonyl (C=O) groups is 1. The van der Waals surface area contributed by atoms with Gasteiger partial charge in [-0.3, -0.25) is 9.69 Å². The van der Waals surface area contributed by atoms with Crippen molar-refractivity contribution in [2.75, 3.05) is 4.90 Å². The van der Waals surface area contributed by atoms with Gasteiger partial charge in [0.15, 0.2) is 4.32 Å². The fourth-order valence-electron chi connectivity index (χ4n) is 3.40. The van der Waals surface area contributed by atoms with Crippen molar-refractivity contribution in [2.45, 2.75) is 20.5 Å². The smallest absolute Gasteiger partial charge is 0.270 e. The van der Waals surface area contributed by atoms with E-state index in [0.717, 1.165) is 32.4 Å². The van der Waals surface area contributed by atoms with Crippen LogP contribution in [0, 0.1) is 13.8 Å². The number of ether oxygens (including phenoxy) is 1. The summed E-state index contributed by atoms with van der Waals surface area (Å²) in [6, 6.07) is 16.9. The summed E-state index contributed by atoms with van der Waals surface area (Å²) in [7, 11) is 0. The van der Waals surface area contributed by atoms with Crippen molar-refractivity contribution in [2.24, 2.45) is 0 Å². The first kappa shape index (κ1) is 24.3. The molecule has 1 heterocycles. The molecule has 0 spiro atoms. The van der Waals surface area contributed by atoms with Gasteiger partial charge in [-0.25, -0.2) is 0 Å². The number of rotatable bonds is 5. The van der Waals surface area contributed by atoms with E-state index in [-0.39, 0.29) is 5.91 Å². The zero-order valence-corrected chi connectivity index (χ0v) is 22.4. The molecule has 1 amide bonds. The lowest BCUT2D eigenvalue weighted by molar-refractivity contribution is -0.113. The Kier molecular flexibility index (Phi) is 7.51. The third kappa shape index (κ3) is 5.47. The minimum absolute atomic E-state index is 0.120. The molecule has 0 aromatic heterocycles. The molecule has 0 N–H and O–H groups in total. The highest BCUT2D eigenvalue weighted by atomic mass is 79.9. The van der Waals surface area contributed by atoms with Crippen LogP contribution in [-0.2, 0) is 11.4 Å². The molecule has 0 atom stereocenters. The Morgan fingerprint density at radius 2 is 1.88 bits per heavy atom. The normalized spacial score (nSPS) is 14.9. The predicted octanol–water partition coefficient (Wildman–Crippen LogP) is 8.36. The van der Waals surface area contributed by atoms with Crippen LogP contribution in [0.25, 0.3) is 6.08 Å². The number of hydrogen-bond donors (Lipinski definition) is 0. The van der Waals surface area contributed by atoms with E-state index in [1.54, 1.807) is 17.0 Å². The second kappa shape index (κ2) is 10.2. The minimum atomic E-state index is -0.120. The first-order chi connectivity index (χ1) is 15.7. The number of amides is 1. The van der Waals surface area contributed by atoms with Crippen LogP contribution in [0.5, 0.6) is 5.75 Å². The largest absolute Gasteiger partial charge is 0.488 e. The molecule has 168 valence electrons. The van der Waals surface area contributed by atoms with Crippen molar-refractivity contribution in [1.29, 1.82) is 0 Å². The summed E-state index contributed by atoms with van der Waals surface area (Å²) < 4.78 is 7.20. The molecule has 1 fully saturated rings. The van der Waals surface area contributed by atoms with E-state index in [1.165, 1.54) is 11.8 Å². The van der Waals surface area contributed by atoms with Crippen LogP contribution in [0.4, 0.5) is 5.69 Å². The highest BCUT2D eigenvalue weighted by molar-refractivity contribution is 9.10. The van der Waals surface area contributed by atoms with Gasteiger partial charge in [-0.15, -0.1) is 0 Å². The Labute approximate surface area is 220 Å². The van der Waals surface area contributed by atoms with Crippen LogP contribution in [0.15, 0.2) is 64.0 Å². The molecular weight excluding hydrogens is 561 g/mol. The van der Waals surface area contributed by atoms with E-state index in [2.05, 4.69) is 15.9 Å². The summed E-state index contributed by atoms with van der Waals surface area (Å²) in [5.41, 5.74) is 4.67. The van der Waals surface area contributed by atoms with Crippen molar-refractivity contribution < 1.29 is 9.53 Å². The third-order valence-corrected chi connectivity index (χ3v) is 7.55. The van der Waals surface area contributed by atoms with E-state index >= 15 is 0 Å². The highest BCUT2D eigenvalue weighted by Gasteiger charge is 2.34. The molecule has 1 saturated heterocycles. The standard InChI is InChI=1S/C25H18BrCl2NO2S2/c1-14-3-7-21(15(2)9-14)29-24(30)23(33-25(29)32)11-16-4-8-22(19(26)10-16)31-13-17-5-6-18(27)12-20(17)28/h3-12H,13H2,1-2H3/b23-11-. The molecule has 1 aliphatic rings. The van der Waals surface area contributed by atoms with E-state index < -0.39 is 0 Å². The molecule has 3 aromatic rings. The monoisotopic (exact) mass is 577 g/mol. The average molecular weight is 579 g/mol. The van der Waals surface area contributed by atoms with E-state index in [4.69, 9.17) is 40.2 Å². The zero-order chi connectivity index (χ0) is 23.7. The third-order valence-electron chi connectivity index (χ3n) is 5.04. The van der Waals surface area contributed by atoms with Gasteiger partial charge in [0, 0.05) is 15.6 Å². The SMILES string of the molecule is Cc1ccc(N2C(=O)/C(=C/c3ccc(OCc4ccc(Cl)cc4Cl)c(Br)c3)SC2=S)c(C)c1. The molecule has 3 nitrogen and oxygen atoms in total. The van der Waals surface area contributed by atoms with Gasteiger partial charge < -0.3 is 4.74 Å². The molecule has 0 aliphatic carbocycles. The molecule has 8 heteroatoms. The number of nitrogens with zero attached hydrogens (tertiary/aromatic N) is 1. The highest BCUT2D eigenvalue weighted by Crippen LogP contribution is 2.38. The lowest BCUT2D eigenvalue weighted by atomic mass is 10.1. The van der Waals surface area contributed by atoms with Gasteiger partial charge >= 0.3 is 0 Å². The van der Waals surface area contributed by atoms with Gasteiger partial charge in [0.1, 0.15) is 12.4 Å². The van der Waals surface area contributed by atoms with Crippen LogP contribution >= 0.6 is 63.1 Å². The maximum absolute atomic E-state index is 13.1. The first-order valence-corrected chi connectivity index (χ1v) is 12.7. The quantitative estimate of drug-likeness (QED) is 0.225. The van der Waals surface area contributed by atoms with Crippen LogP contribution in [0.3, 0.4) is 0 Å². The lowest BCUT2D eigenvalue weighted by Gasteiger charge is -2.17. The molecule has 1 aliphatic heterocycles. The Balaban J connectivity index is 1.51. The van der Waals surface area contributed by atoms with Crippen molar-refractivity contribution in [1.82, 2.24) is 0 Å². The van der Waals surface area contributed by atoms with E-state index in [0.29, 0.717) is 31.6 Å². The minimum Gasteiger partial charge on any atom is -0.488 e. The van der Waals surface area contributed by atoms with Crippen LogP contribution in [0.1, 0.15) is 22.3 Å². The van der Waals surface area contributed by atoms with Gasteiger partial charge in [-0.2, -0.15) is 0 Å². The van der Waals surface area contributed by atoms with Crippen LogP contribution in [0.2, 0.25) is 10.0 Å². The number of hydrogen-bond acceptors (Lipinski definition) is 4. The number of anilines is 1. The summed E-state index contributed by atoms with van der Waals surface area (Å²) in [6.45, 7) is 4.32. The number of thiocarbonyl (C=S) groups is 1. The number of carbonyl (C=O) groups excluding carboxylic acids is 1. The molecule has 0 radical (unpaired) electrons. The van der Waals surface area contributed by atoms with Crippen molar-refractivity contribution >= 4 is 85.1 Å². The summed E-state index contributed by atoms with van der Waals surface area (Å²) in [5.74, 6) is 0.548. The maximum atomic E-state index is 13.1. The van der Waals surface area contributed by atoms with E-state index in [1.807, 2.05) is 62.4 Å². The van der Waals surface area contributed by atoms with Gasteiger partial charge in [-0.1, -0.05) is 77.0 Å². The number of benzene rings is 3. The average Bonchev–Trinajstić information content (AvgIpc) is 3.02. The van der Waals surface area contributed by atoms with Crippen molar-refractivity contribution in [3.63, 3.8) is 0 Å². The molecule has 0 bridgehead atoms. The molecule has 4 rings (SSSR count). The molecule has 3 aromatic carbocycles. The van der Waals surface area contributed by atoms with Gasteiger partial charge in [0.25, 0.3) is 5.91 Å². The number of aryl methyl sites for hydroxylation is 2. The van der Waals surface area contributed by atoms with Crippen LogP contribution in [-0.4, -0.2) is 10.2 Å².